The fraction of sp³-hybridized carbons (Fsp3) is 0.533. The molecule has 0 amide bonds. The minimum Gasteiger partial charge on any atom is -0.454 e. The summed E-state index contributed by atoms with van der Waals surface area (Å²) in [7, 11) is 0. The number of aliphatic imine (C=N–C) groups is 1. The minimum atomic E-state index is 0. The molecule has 0 unspecified atom stereocenters. The molecule has 1 heterocycles. The van der Waals surface area contributed by atoms with Crippen LogP contribution in [0, 0.1) is 0 Å². The van der Waals surface area contributed by atoms with Crippen LogP contribution in [0.4, 0.5) is 0 Å². The summed E-state index contributed by atoms with van der Waals surface area (Å²) in [6.45, 7) is 0.857. The Morgan fingerprint density at radius 1 is 1.19 bits per heavy atom. The highest BCUT2D eigenvalue weighted by atomic mass is 127. The predicted octanol–water partition coefficient (Wildman–Crippen LogP) is 2.77. The molecule has 1 aromatic rings. The van der Waals surface area contributed by atoms with Gasteiger partial charge in [-0.25, -0.2) is 4.99 Å². The van der Waals surface area contributed by atoms with Gasteiger partial charge in [0.1, 0.15) is 0 Å². The van der Waals surface area contributed by atoms with Gasteiger partial charge in [0.2, 0.25) is 6.79 Å². The second-order valence-electron chi connectivity index (χ2n) is 5.37. The first-order valence-electron chi connectivity index (χ1n) is 7.26. The molecule has 1 aliphatic heterocycles. The number of guanidine groups is 1. The normalized spacial score (nSPS) is 18.2. The van der Waals surface area contributed by atoms with Gasteiger partial charge in [-0.3, -0.25) is 0 Å². The van der Waals surface area contributed by atoms with Crippen LogP contribution in [-0.4, -0.2) is 18.8 Å². The van der Waals surface area contributed by atoms with Gasteiger partial charge in [0.15, 0.2) is 17.5 Å². The molecule has 2 aliphatic rings. The molecule has 21 heavy (non-hydrogen) atoms. The average Bonchev–Trinajstić information content (AvgIpc) is 2.93. The number of hydrogen-bond acceptors (Lipinski definition) is 3. The van der Waals surface area contributed by atoms with E-state index in [1.54, 1.807) is 0 Å². The first-order chi connectivity index (χ1) is 9.81. The third-order valence-electron chi connectivity index (χ3n) is 3.83. The van der Waals surface area contributed by atoms with E-state index in [9.17, 15) is 0 Å². The molecule has 0 radical (unpaired) electrons. The van der Waals surface area contributed by atoms with Crippen molar-refractivity contribution in [3.8, 4) is 11.5 Å². The predicted molar refractivity (Wildman–Crippen MR) is 93.3 cm³/mol. The van der Waals surface area contributed by atoms with E-state index in [1.807, 2.05) is 18.2 Å². The van der Waals surface area contributed by atoms with Gasteiger partial charge in [0.05, 0.1) is 6.54 Å². The molecule has 0 atom stereocenters. The summed E-state index contributed by atoms with van der Waals surface area (Å²) in [5, 5.41) is 3.31. The van der Waals surface area contributed by atoms with Gasteiger partial charge >= 0.3 is 0 Å². The molecule has 1 aliphatic carbocycles. The summed E-state index contributed by atoms with van der Waals surface area (Å²) in [5.74, 6) is 2.12. The van der Waals surface area contributed by atoms with Gasteiger partial charge in [-0.2, -0.15) is 0 Å². The molecule has 116 valence electrons. The molecule has 1 fully saturated rings. The average molecular weight is 403 g/mol. The lowest BCUT2D eigenvalue weighted by atomic mass is 9.96. The number of nitrogens with one attached hydrogen (secondary N) is 1. The molecule has 1 saturated carbocycles. The van der Waals surface area contributed by atoms with E-state index < -0.39 is 0 Å². The van der Waals surface area contributed by atoms with E-state index in [-0.39, 0.29) is 24.0 Å². The number of benzene rings is 1. The largest absolute Gasteiger partial charge is 0.454 e. The molecule has 0 spiro atoms. The van der Waals surface area contributed by atoms with Crippen molar-refractivity contribution < 1.29 is 9.47 Å². The second-order valence-corrected chi connectivity index (χ2v) is 5.37. The van der Waals surface area contributed by atoms with E-state index in [0.717, 1.165) is 17.1 Å². The third-order valence-corrected chi connectivity index (χ3v) is 3.83. The lowest BCUT2D eigenvalue weighted by molar-refractivity contribution is 0.174. The van der Waals surface area contributed by atoms with Crippen LogP contribution in [0.2, 0.25) is 0 Å². The standard InChI is InChI=1S/C15H21N3O2.HI/c16-15(18-12-4-2-1-3-5-12)17-9-11-6-7-13-14(8-11)20-10-19-13;/h6-8,12H,1-5,9-10H2,(H3,16,17,18);1H. The number of hydrogen-bond donors (Lipinski definition) is 2. The fourth-order valence-electron chi connectivity index (χ4n) is 2.72. The highest BCUT2D eigenvalue weighted by Gasteiger charge is 2.14. The molecule has 0 bridgehead atoms. The van der Waals surface area contributed by atoms with Gasteiger partial charge in [0, 0.05) is 6.04 Å². The maximum Gasteiger partial charge on any atom is 0.231 e. The van der Waals surface area contributed by atoms with E-state index in [4.69, 9.17) is 15.2 Å². The Bertz CT molecular complexity index is 502. The quantitative estimate of drug-likeness (QED) is 0.463. The Labute approximate surface area is 142 Å². The van der Waals surface area contributed by atoms with Crippen LogP contribution in [-0.2, 0) is 6.54 Å². The maximum absolute atomic E-state index is 5.95. The van der Waals surface area contributed by atoms with Crippen LogP contribution in [0.15, 0.2) is 23.2 Å². The summed E-state index contributed by atoms with van der Waals surface area (Å²) in [6, 6.07) is 6.35. The zero-order valence-corrected chi connectivity index (χ0v) is 14.3. The molecule has 5 nitrogen and oxygen atoms in total. The smallest absolute Gasteiger partial charge is 0.231 e. The van der Waals surface area contributed by atoms with Gasteiger partial charge in [-0.05, 0) is 30.5 Å². The van der Waals surface area contributed by atoms with Crippen molar-refractivity contribution in [3.63, 3.8) is 0 Å². The first kappa shape index (κ1) is 16.2. The molecule has 6 heteroatoms. The molecular weight excluding hydrogens is 381 g/mol. The van der Waals surface area contributed by atoms with Crippen molar-refractivity contribution >= 4 is 29.9 Å². The van der Waals surface area contributed by atoms with Crippen LogP contribution < -0.4 is 20.5 Å². The SMILES string of the molecule is I.NC(=NCc1ccc2c(c1)OCO2)NC1CCCCC1. The number of halogens is 1. The molecule has 3 N–H and O–H groups in total. The van der Waals surface area contributed by atoms with Crippen LogP contribution in [0.25, 0.3) is 0 Å². The Morgan fingerprint density at radius 3 is 2.76 bits per heavy atom. The van der Waals surface area contributed by atoms with Crippen LogP contribution >= 0.6 is 24.0 Å². The molecular formula is C15H22IN3O2. The van der Waals surface area contributed by atoms with Crippen LogP contribution in [0.5, 0.6) is 11.5 Å². The van der Waals surface area contributed by atoms with Crippen molar-refractivity contribution in [1.82, 2.24) is 5.32 Å². The minimum absolute atomic E-state index is 0. The second kappa shape index (κ2) is 7.72. The highest BCUT2D eigenvalue weighted by molar-refractivity contribution is 14.0. The van der Waals surface area contributed by atoms with Crippen molar-refractivity contribution in [1.29, 1.82) is 0 Å². The Morgan fingerprint density at radius 2 is 1.95 bits per heavy atom. The molecule has 3 rings (SSSR count). The zero-order chi connectivity index (χ0) is 13.8. The summed E-state index contributed by atoms with van der Waals surface area (Å²) in [4.78, 5) is 4.40. The Hall–Kier alpha value is -1.18. The summed E-state index contributed by atoms with van der Waals surface area (Å²) < 4.78 is 10.6. The summed E-state index contributed by atoms with van der Waals surface area (Å²) in [5.41, 5.74) is 7.02. The molecule has 1 aromatic carbocycles. The van der Waals surface area contributed by atoms with Gasteiger partial charge in [-0.15, -0.1) is 24.0 Å². The number of rotatable bonds is 3. The summed E-state index contributed by atoms with van der Waals surface area (Å²) >= 11 is 0. The van der Waals surface area contributed by atoms with Gasteiger partial charge in [0.25, 0.3) is 0 Å². The lowest BCUT2D eigenvalue weighted by Crippen LogP contribution is -2.41. The number of nitrogens with zero attached hydrogens (tertiary/aromatic N) is 1. The highest BCUT2D eigenvalue weighted by Crippen LogP contribution is 2.32. The first-order valence-corrected chi connectivity index (χ1v) is 7.26. The van der Waals surface area contributed by atoms with Crippen molar-refractivity contribution in [2.75, 3.05) is 6.79 Å². The molecule has 0 aromatic heterocycles. The number of fused-ring (bicyclic) bond motifs is 1. The summed E-state index contributed by atoms with van der Waals surface area (Å²) in [6.07, 6.45) is 6.30. The fourth-order valence-corrected chi connectivity index (χ4v) is 2.72. The Kier molecular flexibility index (Phi) is 5.96. The van der Waals surface area contributed by atoms with Crippen molar-refractivity contribution in [2.45, 2.75) is 44.7 Å². The molecule has 0 saturated heterocycles. The number of nitrogens with two attached hydrogens (primary N) is 1. The zero-order valence-electron chi connectivity index (χ0n) is 12.0. The monoisotopic (exact) mass is 403 g/mol. The van der Waals surface area contributed by atoms with Crippen molar-refractivity contribution in [2.24, 2.45) is 10.7 Å². The third kappa shape index (κ3) is 4.39. The topological polar surface area (TPSA) is 68.9 Å². The lowest BCUT2D eigenvalue weighted by Gasteiger charge is -2.23. The van der Waals surface area contributed by atoms with Crippen molar-refractivity contribution in [3.05, 3.63) is 23.8 Å². The van der Waals surface area contributed by atoms with Gasteiger partial charge in [-0.1, -0.05) is 25.3 Å². The Balaban J connectivity index is 0.00000161. The van der Waals surface area contributed by atoms with E-state index in [1.165, 1.54) is 32.1 Å². The van der Waals surface area contributed by atoms with E-state index >= 15 is 0 Å². The van der Waals surface area contributed by atoms with E-state index in [2.05, 4.69) is 10.3 Å². The van der Waals surface area contributed by atoms with Crippen LogP contribution in [0.3, 0.4) is 0 Å². The maximum atomic E-state index is 5.95. The van der Waals surface area contributed by atoms with Crippen LogP contribution in [0.1, 0.15) is 37.7 Å². The van der Waals surface area contributed by atoms with E-state index in [0.29, 0.717) is 25.3 Å². The number of ether oxygens (including phenoxy) is 2. The van der Waals surface area contributed by atoms with Gasteiger partial charge < -0.3 is 20.5 Å².